The van der Waals surface area contributed by atoms with Crippen molar-refractivity contribution in [1.82, 2.24) is 19.3 Å². The summed E-state index contributed by atoms with van der Waals surface area (Å²) in [5, 5.41) is 10.6. The third-order valence-electron chi connectivity index (χ3n) is 4.82. The maximum absolute atomic E-state index is 13.2. The number of amides is 1. The Morgan fingerprint density at radius 3 is 2.68 bits per heavy atom. The number of fused-ring (bicyclic) bond motifs is 3. The lowest BCUT2D eigenvalue weighted by atomic mass is 10.0. The van der Waals surface area contributed by atoms with Crippen LogP contribution in [0.15, 0.2) is 41.6 Å². The number of benzene rings is 1. The van der Waals surface area contributed by atoms with Crippen molar-refractivity contribution in [2.24, 2.45) is 0 Å². The van der Waals surface area contributed by atoms with Crippen molar-refractivity contribution in [3.63, 3.8) is 0 Å². The molecule has 0 bridgehead atoms. The minimum Gasteiger partial charge on any atom is -0.340 e. The molecule has 1 aliphatic heterocycles. The molecule has 0 atom stereocenters. The number of halogens is 1. The van der Waals surface area contributed by atoms with Crippen LogP contribution < -0.4 is 4.72 Å². The molecule has 28 heavy (non-hydrogen) atoms. The molecule has 4 rings (SSSR count). The number of nitrogens with one attached hydrogen (secondary N) is 1. The largest absolute Gasteiger partial charge is 0.340 e. The van der Waals surface area contributed by atoms with Crippen molar-refractivity contribution in [2.75, 3.05) is 13.6 Å². The molecule has 3 aromatic rings. The average molecular weight is 404 g/mol. The summed E-state index contributed by atoms with van der Waals surface area (Å²) >= 11 is 0. The van der Waals surface area contributed by atoms with Gasteiger partial charge in [0, 0.05) is 18.1 Å². The molecular formula is C18H17FN4O4S. The van der Waals surface area contributed by atoms with E-state index >= 15 is 0 Å². The number of pyridine rings is 1. The molecule has 0 aliphatic carbocycles. The van der Waals surface area contributed by atoms with E-state index in [-0.39, 0.29) is 29.4 Å². The Morgan fingerprint density at radius 2 is 2.00 bits per heavy atom. The highest BCUT2D eigenvalue weighted by atomic mass is 32.2. The molecule has 3 heterocycles. The summed E-state index contributed by atoms with van der Waals surface area (Å²) in [6, 6.07) is 5.90. The fourth-order valence-corrected chi connectivity index (χ4v) is 4.39. The highest BCUT2D eigenvalue weighted by Gasteiger charge is 2.31. The number of rotatable bonds is 4. The summed E-state index contributed by atoms with van der Waals surface area (Å²) in [5.41, 5.74) is 1.84. The van der Waals surface area contributed by atoms with Crippen LogP contribution in [0.3, 0.4) is 0 Å². The highest BCUT2D eigenvalue weighted by molar-refractivity contribution is 7.89. The molecule has 8 nitrogen and oxygen atoms in total. The Hall–Kier alpha value is -2.82. The molecule has 0 spiro atoms. The van der Waals surface area contributed by atoms with Crippen LogP contribution in [0.1, 0.15) is 21.6 Å². The number of aromatic nitrogens is 2. The molecule has 2 N–H and O–H groups in total. The summed E-state index contributed by atoms with van der Waals surface area (Å²) in [5.74, 6) is -1.02. The molecule has 0 saturated heterocycles. The Balaban J connectivity index is 1.95. The van der Waals surface area contributed by atoms with Crippen LogP contribution in [0.2, 0.25) is 0 Å². The molecule has 0 saturated carbocycles. The van der Waals surface area contributed by atoms with Crippen LogP contribution in [-0.4, -0.2) is 47.7 Å². The van der Waals surface area contributed by atoms with E-state index in [0.29, 0.717) is 28.1 Å². The molecular weight excluding hydrogens is 387 g/mol. The average Bonchev–Trinajstić information content (AvgIpc) is 3.06. The number of hydrogen-bond donors (Lipinski definition) is 2. The Kier molecular flexibility index (Phi) is 4.41. The monoisotopic (exact) mass is 404 g/mol. The highest BCUT2D eigenvalue weighted by Crippen LogP contribution is 2.32. The maximum atomic E-state index is 13.2. The Morgan fingerprint density at radius 1 is 1.29 bits per heavy atom. The van der Waals surface area contributed by atoms with Gasteiger partial charge in [0.05, 0.1) is 18.3 Å². The lowest BCUT2D eigenvalue weighted by Crippen LogP contribution is -2.35. The van der Waals surface area contributed by atoms with Gasteiger partial charge in [0.2, 0.25) is 10.0 Å². The maximum Gasteiger partial charge on any atom is 0.296 e. The molecule has 10 heteroatoms. The van der Waals surface area contributed by atoms with E-state index in [2.05, 4.69) is 9.71 Å². The van der Waals surface area contributed by atoms with Gasteiger partial charge in [0.25, 0.3) is 5.91 Å². The van der Waals surface area contributed by atoms with Gasteiger partial charge in [-0.1, -0.05) is 12.1 Å². The topological polar surface area (TPSA) is 105 Å². The van der Waals surface area contributed by atoms with Crippen LogP contribution in [-0.2, 0) is 23.0 Å². The van der Waals surface area contributed by atoms with E-state index in [9.17, 15) is 22.8 Å². The molecule has 146 valence electrons. The molecule has 0 unspecified atom stereocenters. The van der Waals surface area contributed by atoms with Gasteiger partial charge in [-0.2, -0.15) is 0 Å². The number of carbonyl (C=O) groups excluding carboxylic acids is 1. The summed E-state index contributed by atoms with van der Waals surface area (Å²) in [7, 11) is -2.50. The molecule has 1 aromatic carbocycles. The van der Waals surface area contributed by atoms with Gasteiger partial charge < -0.3 is 4.57 Å². The minimum atomic E-state index is -3.81. The first kappa shape index (κ1) is 18.5. The molecule has 0 radical (unpaired) electrons. The zero-order chi connectivity index (χ0) is 20.1. The van der Waals surface area contributed by atoms with Crippen LogP contribution in [0.25, 0.3) is 10.9 Å². The van der Waals surface area contributed by atoms with Crippen molar-refractivity contribution in [3.8, 4) is 0 Å². The zero-order valence-electron chi connectivity index (χ0n) is 14.9. The van der Waals surface area contributed by atoms with Gasteiger partial charge in [0.1, 0.15) is 16.4 Å². The summed E-state index contributed by atoms with van der Waals surface area (Å²) in [6.07, 6.45) is 3.18. The van der Waals surface area contributed by atoms with Crippen molar-refractivity contribution in [3.05, 3.63) is 59.3 Å². The summed E-state index contributed by atoms with van der Waals surface area (Å²) < 4.78 is 42.4. The van der Waals surface area contributed by atoms with Gasteiger partial charge in [-0.15, -0.1) is 0 Å². The van der Waals surface area contributed by atoms with Crippen molar-refractivity contribution < 1.29 is 22.8 Å². The van der Waals surface area contributed by atoms with E-state index in [1.807, 2.05) is 0 Å². The summed E-state index contributed by atoms with van der Waals surface area (Å²) in [4.78, 5) is 16.4. The molecule has 1 aliphatic rings. The van der Waals surface area contributed by atoms with E-state index in [0.717, 1.165) is 5.56 Å². The number of hydroxylamine groups is 2. The van der Waals surface area contributed by atoms with E-state index in [4.69, 9.17) is 0 Å². The number of hydrogen-bond acceptors (Lipinski definition) is 5. The smallest absolute Gasteiger partial charge is 0.296 e. The zero-order valence-corrected chi connectivity index (χ0v) is 15.7. The molecule has 2 aromatic heterocycles. The third-order valence-corrected chi connectivity index (χ3v) is 6.25. The molecule has 0 fully saturated rings. The second-order valence-electron chi connectivity index (χ2n) is 6.48. The second kappa shape index (κ2) is 6.66. The van der Waals surface area contributed by atoms with Gasteiger partial charge >= 0.3 is 0 Å². The number of nitrogens with zero attached hydrogens (tertiary/aromatic N) is 3. The first-order valence-corrected chi connectivity index (χ1v) is 9.99. The van der Waals surface area contributed by atoms with E-state index in [1.54, 1.807) is 16.7 Å². The fraction of sp³-hybridized carbons (Fsp3) is 0.222. The minimum absolute atomic E-state index is 0.0324. The first-order chi connectivity index (χ1) is 13.3. The Bertz CT molecular complexity index is 1190. The Labute approximate surface area is 160 Å². The third kappa shape index (κ3) is 2.95. The van der Waals surface area contributed by atoms with Crippen LogP contribution >= 0.6 is 0 Å². The van der Waals surface area contributed by atoms with E-state index < -0.39 is 15.9 Å². The standard InChI is InChI=1S/C18H17FN4O4S/c1-20-28(26,27)15-10-22(9-11-2-4-12(19)5-3-11)14-8-21-17-13(16(14)15)6-7-23(25)18(17)24/h2-5,8,10,20,25H,6-7,9H2,1H3. The van der Waals surface area contributed by atoms with Crippen LogP contribution in [0.4, 0.5) is 4.39 Å². The number of sulfonamides is 1. The van der Waals surface area contributed by atoms with Crippen molar-refractivity contribution >= 4 is 26.8 Å². The quantitative estimate of drug-likeness (QED) is 0.642. The van der Waals surface area contributed by atoms with Crippen LogP contribution in [0.5, 0.6) is 0 Å². The normalized spacial score (nSPS) is 14.5. The summed E-state index contributed by atoms with van der Waals surface area (Å²) in [6.45, 7) is 0.353. The van der Waals surface area contributed by atoms with Crippen molar-refractivity contribution in [1.29, 1.82) is 0 Å². The van der Waals surface area contributed by atoms with E-state index in [1.165, 1.54) is 31.6 Å². The fourth-order valence-electron chi connectivity index (χ4n) is 3.41. The SMILES string of the molecule is CNS(=O)(=O)c1cn(Cc2ccc(F)cc2)c2cnc3c(c12)CCN(O)C3=O. The predicted molar refractivity (Wildman–Crippen MR) is 98.0 cm³/mol. The second-order valence-corrected chi connectivity index (χ2v) is 8.33. The van der Waals surface area contributed by atoms with Crippen LogP contribution in [0, 0.1) is 5.82 Å². The number of carbonyl (C=O) groups is 1. The predicted octanol–water partition coefficient (Wildman–Crippen LogP) is 1.52. The lowest BCUT2D eigenvalue weighted by Gasteiger charge is -2.22. The molecule has 1 amide bonds. The van der Waals surface area contributed by atoms with Gasteiger partial charge in [-0.05, 0) is 36.7 Å². The lowest BCUT2D eigenvalue weighted by molar-refractivity contribution is -0.0606. The first-order valence-electron chi connectivity index (χ1n) is 8.51. The van der Waals surface area contributed by atoms with Gasteiger partial charge in [0.15, 0.2) is 0 Å². The van der Waals surface area contributed by atoms with Crippen molar-refractivity contribution in [2.45, 2.75) is 17.9 Å². The van der Waals surface area contributed by atoms with Gasteiger partial charge in [-0.3, -0.25) is 10.0 Å². The van der Waals surface area contributed by atoms with Gasteiger partial charge in [-0.25, -0.2) is 27.6 Å².